The summed E-state index contributed by atoms with van der Waals surface area (Å²) in [5.74, 6) is -0.801. The summed E-state index contributed by atoms with van der Waals surface area (Å²) in [6.07, 6.45) is 4.70. The van der Waals surface area contributed by atoms with Crippen molar-refractivity contribution in [2.45, 2.75) is 38.1 Å². The van der Waals surface area contributed by atoms with E-state index in [-0.39, 0.29) is 11.7 Å². The number of carbonyl (C=O) groups excluding carboxylic acids is 1. The van der Waals surface area contributed by atoms with Crippen molar-refractivity contribution in [1.29, 1.82) is 0 Å². The molecule has 0 spiro atoms. The Bertz CT molecular complexity index is 893. The zero-order valence-corrected chi connectivity index (χ0v) is 16.2. The van der Waals surface area contributed by atoms with Gasteiger partial charge in [-0.15, -0.1) is 0 Å². The molecule has 3 aromatic rings. The van der Waals surface area contributed by atoms with Crippen molar-refractivity contribution in [2.75, 3.05) is 0 Å². The quantitative estimate of drug-likeness (QED) is 0.650. The molecule has 1 N–H and O–H groups in total. The third kappa shape index (κ3) is 5.49. The van der Waals surface area contributed by atoms with Gasteiger partial charge in [0.1, 0.15) is 5.82 Å². The highest BCUT2D eigenvalue weighted by Crippen LogP contribution is 2.23. The van der Waals surface area contributed by atoms with Crippen LogP contribution in [0.3, 0.4) is 0 Å². The molecular weight excluding hydrogens is 351 g/mol. The normalized spacial score (nSPS) is 12.4. The Morgan fingerprint density at radius 2 is 1.68 bits per heavy atom. The van der Waals surface area contributed by atoms with Gasteiger partial charge in [0.15, 0.2) is 0 Å². The maximum absolute atomic E-state index is 13.4. The van der Waals surface area contributed by atoms with Crippen molar-refractivity contribution in [3.63, 3.8) is 0 Å². The SMILES string of the molecule is CC(C)(Cc1ccccc1)NC(=O)C(Cc1cccnc1)c1ccc(F)cc1. The van der Waals surface area contributed by atoms with E-state index in [2.05, 4.69) is 22.4 Å². The van der Waals surface area contributed by atoms with Crippen LogP contribution in [0.4, 0.5) is 4.39 Å². The number of nitrogens with zero attached hydrogens (tertiary/aromatic N) is 1. The Morgan fingerprint density at radius 3 is 2.32 bits per heavy atom. The first-order valence-corrected chi connectivity index (χ1v) is 9.43. The van der Waals surface area contributed by atoms with Crippen molar-refractivity contribution < 1.29 is 9.18 Å². The fourth-order valence-corrected chi connectivity index (χ4v) is 3.38. The van der Waals surface area contributed by atoms with Crippen LogP contribution in [0.2, 0.25) is 0 Å². The first kappa shape index (κ1) is 19.7. The highest BCUT2D eigenvalue weighted by molar-refractivity contribution is 5.84. The van der Waals surface area contributed by atoms with Crippen molar-refractivity contribution in [3.8, 4) is 0 Å². The Labute approximate surface area is 165 Å². The van der Waals surface area contributed by atoms with Crippen LogP contribution in [0.15, 0.2) is 79.1 Å². The molecule has 0 aliphatic heterocycles. The summed E-state index contributed by atoms with van der Waals surface area (Å²) in [5.41, 5.74) is 2.51. The number of aromatic nitrogens is 1. The molecule has 0 aliphatic carbocycles. The first-order chi connectivity index (χ1) is 13.4. The second kappa shape index (κ2) is 8.79. The monoisotopic (exact) mass is 376 g/mol. The number of rotatable bonds is 7. The van der Waals surface area contributed by atoms with Gasteiger partial charge in [-0.1, -0.05) is 48.5 Å². The second-order valence-corrected chi connectivity index (χ2v) is 7.71. The van der Waals surface area contributed by atoms with Crippen molar-refractivity contribution >= 4 is 5.91 Å². The van der Waals surface area contributed by atoms with Gasteiger partial charge < -0.3 is 5.32 Å². The van der Waals surface area contributed by atoms with Gasteiger partial charge in [0.25, 0.3) is 0 Å². The molecule has 2 aromatic carbocycles. The number of halogens is 1. The van der Waals surface area contributed by atoms with E-state index in [0.29, 0.717) is 6.42 Å². The minimum Gasteiger partial charge on any atom is -0.350 e. The maximum atomic E-state index is 13.4. The Kier molecular flexibility index (Phi) is 6.19. The zero-order chi connectivity index (χ0) is 20.0. The molecule has 0 aliphatic rings. The van der Waals surface area contributed by atoms with Crippen LogP contribution in [0.1, 0.15) is 36.5 Å². The molecule has 1 heterocycles. The lowest BCUT2D eigenvalue weighted by molar-refractivity contribution is -0.124. The van der Waals surface area contributed by atoms with Gasteiger partial charge in [0, 0.05) is 17.9 Å². The zero-order valence-electron chi connectivity index (χ0n) is 16.2. The van der Waals surface area contributed by atoms with E-state index in [1.807, 2.05) is 44.2 Å². The predicted molar refractivity (Wildman–Crippen MR) is 109 cm³/mol. The molecule has 144 valence electrons. The van der Waals surface area contributed by atoms with Crippen LogP contribution >= 0.6 is 0 Å². The largest absolute Gasteiger partial charge is 0.350 e. The molecule has 0 radical (unpaired) electrons. The van der Waals surface area contributed by atoms with E-state index < -0.39 is 11.5 Å². The van der Waals surface area contributed by atoms with E-state index in [1.165, 1.54) is 17.7 Å². The van der Waals surface area contributed by atoms with E-state index in [0.717, 1.165) is 17.5 Å². The van der Waals surface area contributed by atoms with E-state index in [4.69, 9.17) is 0 Å². The summed E-state index contributed by atoms with van der Waals surface area (Å²) in [4.78, 5) is 17.4. The second-order valence-electron chi connectivity index (χ2n) is 7.71. The highest BCUT2D eigenvalue weighted by Gasteiger charge is 2.27. The summed E-state index contributed by atoms with van der Waals surface area (Å²) >= 11 is 0. The number of nitrogens with one attached hydrogen (secondary N) is 1. The van der Waals surface area contributed by atoms with Crippen LogP contribution in [-0.2, 0) is 17.6 Å². The predicted octanol–water partition coefficient (Wildman–Crippen LogP) is 4.68. The molecule has 1 unspecified atom stereocenters. The molecule has 1 atom stereocenters. The van der Waals surface area contributed by atoms with Crippen molar-refractivity contribution in [3.05, 3.63) is 102 Å². The van der Waals surface area contributed by atoms with Crippen molar-refractivity contribution in [1.82, 2.24) is 10.3 Å². The average Bonchev–Trinajstić information content (AvgIpc) is 2.68. The molecular formula is C24H25FN2O. The molecule has 28 heavy (non-hydrogen) atoms. The lowest BCUT2D eigenvalue weighted by atomic mass is 9.89. The lowest BCUT2D eigenvalue weighted by Crippen LogP contribution is -2.47. The van der Waals surface area contributed by atoms with Gasteiger partial charge in [-0.3, -0.25) is 9.78 Å². The smallest absolute Gasteiger partial charge is 0.228 e. The molecule has 0 bridgehead atoms. The Balaban J connectivity index is 1.80. The minimum atomic E-state index is -0.417. The van der Waals surface area contributed by atoms with E-state index in [9.17, 15) is 9.18 Å². The molecule has 0 fully saturated rings. The van der Waals surface area contributed by atoms with Crippen LogP contribution in [-0.4, -0.2) is 16.4 Å². The summed E-state index contributed by atoms with van der Waals surface area (Å²) in [6, 6.07) is 20.0. The van der Waals surface area contributed by atoms with E-state index >= 15 is 0 Å². The lowest BCUT2D eigenvalue weighted by Gasteiger charge is -2.29. The number of carbonyl (C=O) groups is 1. The minimum absolute atomic E-state index is 0.0728. The molecule has 1 aromatic heterocycles. The number of benzene rings is 2. The fourth-order valence-electron chi connectivity index (χ4n) is 3.38. The van der Waals surface area contributed by atoms with Gasteiger partial charge in [0.05, 0.1) is 5.92 Å². The topological polar surface area (TPSA) is 42.0 Å². The number of hydrogen-bond acceptors (Lipinski definition) is 2. The average molecular weight is 376 g/mol. The molecule has 3 rings (SSSR count). The van der Waals surface area contributed by atoms with Gasteiger partial charge in [-0.2, -0.15) is 0 Å². The Morgan fingerprint density at radius 1 is 1.00 bits per heavy atom. The molecule has 4 heteroatoms. The number of amides is 1. The summed E-state index contributed by atoms with van der Waals surface area (Å²) in [6.45, 7) is 4.04. The van der Waals surface area contributed by atoms with Gasteiger partial charge in [-0.05, 0) is 61.6 Å². The molecule has 0 saturated heterocycles. The molecule has 3 nitrogen and oxygen atoms in total. The first-order valence-electron chi connectivity index (χ1n) is 9.43. The molecule has 0 saturated carbocycles. The van der Waals surface area contributed by atoms with Crippen LogP contribution in [0.25, 0.3) is 0 Å². The van der Waals surface area contributed by atoms with Crippen LogP contribution < -0.4 is 5.32 Å². The fraction of sp³-hybridized carbons (Fsp3) is 0.250. The summed E-state index contributed by atoms with van der Waals surface area (Å²) < 4.78 is 13.4. The Hall–Kier alpha value is -3.01. The van der Waals surface area contributed by atoms with E-state index in [1.54, 1.807) is 24.5 Å². The van der Waals surface area contributed by atoms with Gasteiger partial charge in [-0.25, -0.2) is 4.39 Å². The third-order valence-electron chi connectivity index (χ3n) is 4.70. The van der Waals surface area contributed by atoms with Gasteiger partial charge >= 0.3 is 0 Å². The third-order valence-corrected chi connectivity index (χ3v) is 4.70. The summed E-state index contributed by atoms with van der Waals surface area (Å²) in [5, 5.41) is 3.19. The molecule has 1 amide bonds. The van der Waals surface area contributed by atoms with Crippen LogP contribution in [0, 0.1) is 5.82 Å². The highest BCUT2D eigenvalue weighted by atomic mass is 19.1. The number of pyridine rings is 1. The van der Waals surface area contributed by atoms with Crippen molar-refractivity contribution in [2.24, 2.45) is 0 Å². The van der Waals surface area contributed by atoms with Crippen LogP contribution in [0.5, 0.6) is 0 Å². The van der Waals surface area contributed by atoms with Gasteiger partial charge in [0.2, 0.25) is 5.91 Å². The standard InChI is InChI=1S/C24H25FN2O/c1-24(2,16-18-7-4-3-5-8-18)27-23(28)22(15-19-9-6-14-26-17-19)20-10-12-21(25)13-11-20/h3-14,17,22H,15-16H2,1-2H3,(H,27,28). The number of hydrogen-bond donors (Lipinski definition) is 1. The maximum Gasteiger partial charge on any atom is 0.228 e. The summed E-state index contributed by atoms with van der Waals surface area (Å²) in [7, 11) is 0.